The predicted octanol–water partition coefficient (Wildman–Crippen LogP) is 3.26. The average Bonchev–Trinajstić information content (AvgIpc) is 2.58. The Morgan fingerprint density at radius 2 is 1.76 bits per heavy atom. The molecule has 0 spiro atoms. The van der Waals surface area contributed by atoms with Crippen LogP contribution in [0.3, 0.4) is 0 Å². The van der Waals surface area contributed by atoms with Crippen molar-refractivity contribution in [1.29, 1.82) is 0 Å². The van der Waals surface area contributed by atoms with Gasteiger partial charge in [0.15, 0.2) is 0 Å². The molecule has 0 saturated carbocycles. The van der Waals surface area contributed by atoms with Crippen molar-refractivity contribution in [3.05, 3.63) is 64.7 Å². The molecule has 0 aromatic heterocycles. The Hall–Kier alpha value is -2.12. The Morgan fingerprint density at radius 3 is 2.44 bits per heavy atom. The highest BCUT2D eigenvalue weighted by Gasteiger charge is 2.13. The van der Waals surface area contributed by atoms with E-state index >= 15 is 0 Å². The first kappa shape index (κ1) is 19.2. The second kappa shape index (κ2) is 9.39. The molecule has 25 heavy (non-hydrogen) atoms. The minimum atomic E-state index is -0.975. The Bertz CT molecular complexity index is 757. The van der Waals surface area contributed by atoms with Gasteiger partial charge in [0.25, 0.3) is 5.91 Å². The fraction of sp³-hybridized carbons (Fsp3) is 0.176. The summed E-state index contributed by atoms with van der Waals surface area (Å²) in [5.74, 6) is -2.27. The lowest BCUT2D eigenvalue weighted by Gasteiger charge is -2.08. The van der Waals surface area contributed by atoms with E-state index in [0.29, 0.717) is 23.4 Å². The molecule has 0 radical (unpaired) electrons. The van der Waals surface area contributed by atoms with Gasteiger partial charge in [0.05, 0.1) is 12.1 Å². The molecule has 0 fully saturated rings. The van der Waals surface area contributed by atoms with Crippen LogP contribution in [-0.2, 0) is 4.79 Å². The molecule has 2 rings (SSSR count). The molecule has 0 atom stereocenters. The highest BCUT2D eigenvalue weighted by molar-refractivity contribution is 7.99. The van der Waals surface area contributed by atoms with Crippen LogP contribution in [0.1, 0.15) is 10.4 Å². The highest BCUT2D eigenvalue weighted by Crippen LogP contribution is 2.19. The fourth-order valence-corrected chi connectivity index (χ4v) is 2.78. The second-order valence-electron chi connectivity index (χ2n) is 4.96. The van der Waals surface area contributed by atoms with Crippen LogP contribution in [0.2, 0.25) is 5.02 Å². The summed E-state index contributed by atoms with van der Waals surface area (Å²) in [6.07, 6.45) is 0. The van der Waals surface area contributed by atoms with Crippen molar-refractivity contribution in [2.45, 2.75) is 4.90 Å². The molecular formula is C17H15ClF2N2O2S. The van der Waals surface area contributed by atoms with Crippen LogP contribution in [-0.4, -0.2) is 30.7 Å². The van der Waals surface area contributed by atoms with E-state index in [0.717, 1.165) is 17.0 Å². The lowest BCUT2D eigenvalue weighted by Crippen LogP contribution is -2.38. The van der Waals surface area contributed by atoms with Gasteiger partial charge >= 0.3 is 0 Å². The summed E-state index contributed by atoms with van der Waals surface area (Å²) >= 11 is 7.34. The smallest absolute Gasteiger partial charge is 0.254 e. The third kappa shape index (κ3) is 6.36. The van der Waals surface area contributed by atoms with Gasteiger partial charge in [0, 0.05) is 28.3 Å². The maximum Gasteiger partial charge on any atom is 0.254 e. The highest BCUT2D eigenvalue weighted by atomic mass is 35.5. The SMILES string of the molecule is O=C(CNC(=O)c1ccc(F)cc1F)NCCSc1ccc(Cl)cc1. The van der Waals surface area contributed by atoms with E-state index in [4.69, 9.17) is 11.6 Å². The monoisotopic (exact) mass is 384 g/mol. The number of halogens is 3. The van der Waals surface area contributed by atoms with Crippen molar-refractivity contribution in [2.75, 3.05) is 18.8 Å². The van der Waals surface area contributed by atoms with Gasteiger partial charge in [-0.05, 0) is 36.4 Å². The third-order valence-corrected chi connectivity index (χ3v) is 4.36. The number of nitrogens with one attached hydrogen (secondary N) is 2. The zero-order valence-electron chi connectivity index (χ0n) is 13.0. The first-order valence-corrected chi connectivity index (χ1v) is 8.70. The molecule has 8 heteroatoms. The molecule has 0 aliphatic heterocycles. The average molecular weight is 385 g/mol. The van der Waals surface area contributed by atoms with Crippen molar-refractivity contribution in [3.8, 4) is 0 Å². The number of amides is 2. The number of benzene rings is 2. The molecule has 2 aromatic rings. The molecule has 132 valence electrons. The van der Waals surface area contributed by atoms with Gasteiger partial charge < -0.3 is 10.6 Å². The lowest BCUT2D eigenvalue weighted by molar-refractivity contribution is -0.120. The zero-order valence-corrected chi connectivity index (χ0v) is 14.6. The number of thioether (sulfide) groups is 1. The van der Waals surface area contributed by atoms with Crippen LogP contribution in [0.4, 0.5) is 8.78 Å². The Balaban J connectivity index is 1.68. The van der Waals surface area contributed by atoms with Gasteiger partial charge in [-0.25, -0.2) is 8.78 Å². The van der Waals surface area contributed by atoms with E-state index in [1.54, 1.807) is 23.9 Å². The third-order valence-electron chi connectivity index (χ3n) is 3.09. The van der Waals surface area contributed by atoms with E-state index in [1.807, 2.05) is 12.1 Å². The summed E-state index contributed by atoms with van der Waals surface area (Å²) in [6.45, 7) is 0.119. The topological polar surface area (TPSA) is 58.2 Å². The van der Waals surface area contributed by atoms with Gasteiger partial charge in [-0.1, -0.05) is 11.6 Å². The van der Waals surface area contributed by atoms with E-state index in [1.165, 1.54) is 0 Å². The van der Waals surface area contributed by atoms with E-state index < -0.39 is 23.4 Å². The summed E-state index contributed by atoms with van der Waals surface area (Å²) in [5, 5.41) is 5.59. The van der Waals surface area contributed by atoms with Crippen LogP contribution in [0, 0.1) is 11.6 Å². The van der Waals surface area contributed by atoms with E-state index in [2.05, 4.69) is 10.6 Å². The molecule has 0 aliphatic carbocycles. The molecule has 2 amide bonds. The predicted molar refractivity (Wildman–Crippen MR) is 93.9 cm³/mol. The first-order chi connectivity index (χ1) is 12.0. The van der Waals surface area contributed by atoms with Gasteiger partial charge in [0.2, 0.25) is 5.91 Å². The fourth-order valence-electron chi connectivity index (χ4n) is 1.88. The zero-order chi connectivity index (χ0) is 18.2. The quantitative estimate of drug-likeness (QED) is 0.569. The molecule has 0 unspecified atom stereocenters. The first-order valence-electron chi connectivity index (χ1n) is 7.34. The molecular weight excluding hydrogens is 370 g/mol. The largest absolute Gasteiger partial charge is 0.354 e. The van der Waals surface area contributed by atoms with E-state index in [9.17, 15) is 18.4 Å². The summed E-state index contributed by atoms with van der Waals surface area (Å²) in [7, 11) is 0. The van der Waals surface area contributed by atoms with Crippen molar-refractivity contribution < 1.29 is 18.4 Å². The molecule has 4 nitrogen and oxygen atoms in total. The molecule has 2 aromatic carbocycles. The van der Waals surface area contributed by atoms with Crippen LogP contribution in [0.5, 0.6) is 0 Å². The van der Waals surface area contributed by atoms with Crippen molar-refractivity contribution in [1.82, 2.24) is 10.6 Å². The molecule has 0 bridgehead atoms. The van der Waals surface area contributed by atoms with Gasteiger partial charge in [-0.15, -0.1) is 11.8 Å². The molecule has 0 aliphatic rings. The number of hydrogen-bond acceptors (Lipinski definition) is 3. The van der Waals surface area contributed by atoms with Crippen LogP contribution in [0.25, 0.3) is 0 Å². The van der Waals surface area contributed by atoms with Crippen molar-refractivity contribution >= 4 is 35.2 Å². The summed E-state index contributed by atoms with van der Waals surface area (Å²) in [4.78, 5) is 24.4. The lowest BCUT2D eigenvalue weighted by atomic mass is 10.2. The summed E-state index contributed by atoms with van der Waals surface area (Å²) in [6, 6.07) is 9.95. The number of rotatable bonds is 7. The number of carbonyl (C=O) groups is 2. The summed E-state index contributed by atoms with van der Waals surface area (Å²) < 4.78 is 26.2. The summed E-state index contributed by atoms with van der Waals surface area (Å²) in [5.41, 5.74) is -0.313. The standard InChI is InChI=1S/C17H15ClF2N2O2S/c18-11-1-4-13(5-2-11)25-8-7-21-16(23)10-22-17(24)14-6-3-12(19)9-15(14)20/h1-6,9H,7-8,10H2,(H,21,23)(H,22,24). The van der Waals surface area contributed by atoms with Crippen LogP contribution in [0.15, 0.2) is 47.4 Å². The van der Waals surface area contributed by atoms with E-state index in [-0.39, 0.29) is 12.1 Å². The minimum absolute atomic E-state index is 0.290. The van der Waals surface area contributed by atoms with Crippen LogP contribution < -0.4 is 10.6 Å². The Labute approximate surface area is 152 Å². The maximum absolute atomic E-state index is 13.4. The molecule has 0 heterocycles. The minimum Gasteiger partial charge on any atom is -0.354 e. The molecule has 2 N–H and O–H groups in total. The molecule has 0 saturated heterocycles. The van der Waals surface area contributed by atoms with Gasteiger partial charge in [0.1, 0.15) is 11.6 Å². The van der Waals surface area contributed by atoms with Gasteiger partial charge in [-0.2, -0.15) is 0 Å². The maximum atomic E-state index is 13.4. The Kier molecular flexibility index (Phi) is 7.21. The van der Waals surface area contributed by atoms with Crippen molar-refractivity contribution in [3.63, 3.8) is 0 Å². The van der Waals surface area contributed by atoms with Gasteiger partial charge in [-0.3, -0.25) is 9.59 Å². The number of hydrogen-bond donors (Lipinski definition) is 2. The van der Waals surface area contributed by atoms with Crippen molar-refractivity contribution in [2.24, 2.45) is 0 Å². The normalized spacial score (nSPS) is 10.4. The number of carbonyl (C=O) groups excluding carboxylic acids is 2. The second-order valence-corrected chi connectivity index (χ2v) is 6.56. The van der Waals surface area contributed by atoms with Crippen LogP contribution >= 0.6 is 23.4 Å². The Morgan fingerprint density at radius 1 is 1.04 bits per heavy atom.